The van der Waals surface area contributed by atoms with Crippen molar-refractivity contribution >= 4 is 12.0 Å². The molecule has 112 valence electrons. The standard InChI is InChI=1S/C16H20N2O3/c1-4-21-16(13(3)19)9-12(2)10-17-18-11-14-5-7-15(20)8-6-14/h5,7,9-11,18-19H,2-4,6,8H2,1H3/b14-11+,16-9+,17-10+. The van der Waals surface area contributed by atoms with Crippen LogP contribution in [0.5, 0.6) is 0 Å². The molecule has 0 saturated heterocycles. The molecule has 2 N–H and O–H groups in total. The predicted molar refractivity (Wildman–Crippen MR) is 83.7 cm³/mol. The molecule has 0 aliphatic heterocycles. The van der Waals surface area contributed by atoms with Crippen molar-refractivity contribution in [3.8, 4) is 0 Å². The fourth-order valence-corrected chi connectivity index (χ4v) is 1.56. The number of aliphatic hydroxyl groups excluding tert-OH is 1. The number of hydrogen-bond donors (Lipinski definition) is 2. The number of ketones is 1. The van der Waals surface area contributed by atoms with Crippen LogP contribution in [0.4, 0.5) is 0 Å². The first-order valence-electron chi connectivity index (χ1n) is 6.63. The zero-order chi connectivity index (χ0) is 15.7. The van der Waals surface area contributed by atoms with E-state index in [1.54, 1.807) is 24.4 Å². The van der Waals surface area contributed by atoms with Gasteiger partial charge < -0.3 is 9.84 Å². The van der Waals surface area contributed by atoms with E-state index in [0.717, 1.165) is 5.57 Å². The molecular weight excluding hydrogens is 268 g/mol. The van der Waals surface area contributed by atoms with Gasteiger partial charge in [-0.05, 0) is 36.6 Å². The highest BCUT2D eigenvalue weighted by Gasteiger charge is 2.05. The van der Waals surface area contributed by atoms with Gasteiger partial charge in [0.25, 0.3) is 0 Å². The summed E-state index contributed by atoms with van der Waals surface area (Å²) in [7, 11) is 0. The molecule has 0 bridgehead atoms. The Kier molecular flexibility index (Phi) is 6.74. The predicted octanol–water partition coefficient (Wildman–Crippen LogP) is 2.91. The molecule has 0 radical (unpaired) electrons. The number of hydrogen-bond acceptors (Lipinski definition) is 5. The van der Waals surface area contributed by atoms with Gasteiger partial charge in [0.05, 0.1) is 12.8 Å². The normalized spacial score (nSPS) is 17.3. The molecule has 0 aromatic rings. The Morgan fingerprint density at radius 3 is 2.81 bits per heavy atom. The molecule has 21 heavy (non-hydrogen) atoms. The Labute approximate surface area is 124 Å². The number of hydrazone groups is 1. The lowest BCUT2D eigenvalue weighted by Crippen LogP contribution is -2.03. The van der Waals surface area contributed by atoms with Crippen LogP contribution in [0, 0.1) is 0 Å². The van der Waals surface area contributed by atoms with Gasteiger partial charge in [-0.3, -0.25) is 10.2 Å². The minimum absolute atomic E-state index is 0.141. The fourth-order valence-electron chi connectivity index (χ4n) is 1.56. The van der Waals surface area contributed by atoms with Gasteiger partial charge in [-0.1, -0.05) is 19.2 Å². The van der Waals surface area contributed by atoms with Crippen LogP contribution in [0.2, 0.25) is 0 Å². The Morgan fingerprint density at radius 1 is 1.48 bits per heavy atom. The highest BCUT2D eigenvalue weighted by molar-refractivity contribution is 5.91. The third-order valence-electron chi connectivity index (χ3n) is 2.60. The minimum Gasteiger partial charge on any atom is -0.505 e. The summed E-state index contributed by atoms with van der Waals surface area (Å²) in [5.74, 6) is 0.251. The molecule has 0 spiro atoms. The summed E-state index contributed by atoms with van der Waals surface area (Å²) >= 11 is 0. The van der Waals surface area contributed by atoms with Crippen LogP contribution in [-0.2, 0) is 9.53 Å². The maximum atomic E-state index is 11.0. The minimum atomic E-state index is -0.154. The highest BCUT2D eigenvalue weighted by Crippen LogP contribution is 2.12. The molecule has 0 amide bonds. The number of ether oxygens (including phenoxy) is 1. The zero-order valence-corrected chi connectivity index (χ0v) is 12.1. The van der Waals surface area contributed by atoms with E-state index in [1.165, 1.54) is 6.21 Å². The van der Waals surface area contributed by atoms with Gasteiger partial charge in [-0.2, -0.15) is 5.10 Å². The van der Waals surface area contributed by atoms with Crippen LogP contribution in [0.3, 0.4) is 0 Å². The summed E-state index contributed by atoms with van der Waals surface area (Å²) in [6.45, 7) is 9.41. The van der Waals surface area contributed by atoms with Crippen molar-refractivity contribution in [2.75, 3.05) is 6.61 Å². The molecule has 5 nitrogen and oxygen atoms in total. The van der Waals surface area contributed by atoms with Gasteiger partial charge in [0.1, 0.15) is 5.76 Å². The molecule has 1 rings (SSSR count). The van der Waals surface area contributed by atoms with E-state index in [4.69, 9.17) is 4.74 Å². The molecule has 0 aromatic carbocycles. The van der Waals surface area contributed by atoms with E-state index >= 15 is 0 Å². The molecule has 0 fully saturated rings. The number of nitrogens with one attached hydrogen (secondary N) is 1. The van der Waals surface area contributed by atoms with Crippen molar-refractivity contribution in [2.24, 2.45) is 5.10 Å². The summed E-state index contributed by atoms with van der Waals surface area (Å²) in [5.41, 5.74) is 4.32. The van der Waals surface area contributed by atoms with Crippen LogP contribution in [0.15, 0.2) is 65.4 Å². The second kappa shape index (κ2) is 8.58. The summed E-state index contributed by atoms with van der Waals surface area (Å²) in [6.07, 6.45) is 9.33. The molecule has 0 unspecified atom stereocenters. The monoisotopic (exact) mass is 288 g/mol. The first-order valence-corrected chi connectivity index (χ1v) is 6.63. The second-order valence-electron chi connectivity index (χ2n) is 4.37. The smallest absolute Gasteiger partial charge is 0.160 e. The average molecular weight is 288 g/mol. The van der Waals surface area contributed by atoms with E-state index in [1.807, 2.05) is 6.92 Å². The first-order chi connectivity index (χ1) is 10.0. The topological polar surface area (TPSA) is 70.9 Å². The number of rotatable bonds is 7. The summed E-state index contributed by atoms with van der Waals surface area (Å²) in [4.78, 5) is 11.0. The number of allylic oxidation sites excluding steroid dienone is 5. The SMILES string of the molecule is C=C(/C=N/N/C=C1\C=CC(=O)CC1)/C=C(/OCC)C(=C)O. The van der Waals surface area contributed by atoms with Crippen molar-refractivity contribution in [3.05, 3.63) is 60.3 Å². The highest BCUT2D eigenvalue weighted by atomic mass is 16.5. The van der Waals surface area contributed by atoms with Gasteiger partial charge in [0.2, 0.25) is 0 Å². The Balaban J connectivity index is 2.53. The second-order valence-corrected chi connectivity index (χ2v) is 4.37. The number of nitrogens with zero attached hydrogens (tertiary/aromatic N) is 1. The van der Waals surface area contributed by atoms with Crippen molar-refractivity contribution < 1.29 is 14.6 Å². The fraction of sp³-hybridized carbons (Fsp3) is 0.250. The lowest BCUT2D eigenvalue weighted by atomic mass is 10.0. The van der Waals surface area contributed by atoms with Gasteiger partial charge in [-0.15, -0.1) is 0 Å². The Bertz CT molecular complexity index is 540. The molecule has 5 heteroatoms. The van der Waals surface area contributed by atoms with Crippen molar-refractivity contribution in [2.45, 2.75) is 19.8 Å². The molecule has 0 atom stereocenters. The van der Waals surface area contributed by atoms with Crippen molar-refractivity contribution in [1.82, 2.24) is 5.43 Å². The van der Waals surface area contributed by atoms with Crippen LogP contribution in [0.25, 0.3) is 0 Å². The molecule has 0 heterocycles. The lowest BCUT2D eigenvalue weighted by Gasteiger charge is -2.06. The van der Waals surface area contributed by atoms with Crippen LogP contribution in [0.1, 0.15) is 19.8 Å². The Hall–Kier alpha value is -2.56. The lowest BCUT2D eigenvalue weighted by molar-refractivity contribution is -0.114. The summed E-state index contributed by atoms with van der Waals surface area (Å²) < 4.78 is 5.20. The summed E-state index contributed by atoms with van der Waals surface area (Å²) in [6, 6.07) is 0. The van der Waals surface area contributed by atoms with E-state index in [9.17, 15) is 9.90 Å². The first kappa shape index (κ1) is 16.5. The molecule has 0 aromatic heterocycles. The third kappa shape index (κ3) is 6.42. The Morgan fingerprint density at radius 2 is 2.24 bits per heavy atom. The van der Waals surface area contributed by atoms with Gasteiger partial charge in [0, 0.05) is 12.6 Å². The van der Waals surface area contributed by atoms with Crippen molar-refractivity contribution in [1.29, 1.82) is 0 Å². The third-order valence-corrected chi connectivity index (χ3v) is 2.60. The van der Waals surface area contributed by atoms with Crippen LogP contribution >= 0.6 is 0 Å². The average Bonchev–Trinajstić information content (AvgIpc) is 2.45. The number of carbonyl (C=O) groups is 1. The maximum absolute atomic E-state index is 11.0. The van der Waals surface area contributed by atoms with Gasteiger partial charge in [0.15, 0.2) is 11.5 Å². The molecule has 0 saturated carbocycles. The molecular formula is C16H20N2O3. The van der Waals surface area contributed by atoms with E-state index in [0.29, 0.717) is 25.0 Å². The maximum Gasteiger partial charge on any atom is 0.160 e. The number of carbonyl (C=O) groups excluding carboxylic acids is 1. The molecule has 1 aliphatic carbocycles. The van der Waals surface area contributed by atoms with Crippen LogP contribution in [-0.4, -0.2) is 23.7 Å². The summed E-state index contributed by atoms with van der Waals surface area (Å²) in [5, 5.41) is 13.3. The number of aliphatic hydroxyl groups is 1. The van der Waals surface area contributed by atoms with Gasteiger partial charge >= 0.3 is 0 Å². The quantitative estimate of drug-likeness (QED) is 0.327. The van der Waals surface area contributed by atoms with E-state index < -0.39 is 0 Å². The van der Waals surface area contributed by atoms with Gasteiger partial charge in [-0.25, -0.2) is 0 Å². The van der Waals surface area contributed by atoms with Crippen LogP contribution < -0.4 is 5.43 Å². The van der Waals surface area contributed by atoms with Crippen molar-refractivity contribution in [3.63, 3.8) is 0 Å². The van der Waals surface area contributed by atoms with E-state index in [-0.39, 0.29) is 17.3 Å². The molecule has 1 aliphatic rings. The zero-order valence-electron chi connectivity index (χ0n) is 12.1. The largest absolute Gasteiger partial charge is 0.505 e. The van der Waals surface area contributed by atoms with E-state index in [2.05, 4.69) is 23.7 Å².